The third-order valence-corrected chi connectivity index (χ3v) is 10.0. The van der Waals surface area contributed by atoms with Crippen LogP contribution in [0, 0.1) is 0 Å². The monoisotopic (exact) mass is 653 g/mol. The topological polar surface area (TPSA) is 61.7 Å². The summed E-state index contributed by atoms with van der Waals surface area (Å²) < 4.78 is 10.9. The van der Waals surface area contributed by atoms with Crippen molar-refractivity contribution >= 4 is 65.6 Å². The van der Waals surface area contributed by atoms with Crippen molar-refractivity contribution < 1.29 is 4.42 Å². The van der Waals surface area contributed by atoms with Gasteiger partial charge in [0, 0.05) is 43.4 Å². The highest BCUT2D eigenvalue weighted by molar-refractivity contribution is 6.12. The Hall–Kier alpha value is -7.05. The Kier molecular flexibility index (Phi) is 5.86. The van der Waals surface area contributed by atoms with E-state index in [1.807, 2.05) is 18.2 Å². The number of furan rings is 1. The molecule has 0 aliphatic rings. The molecule has 0 N–H and O–H groups in total. The second-order valence-corrected chi connectivity index (χ2v) is 12.8. The molecule has 7 aromatic carbocycles. The summed E-state index contributed by atoms with van der Waals surface area (Å²) in [5, 5.41) is 6.74. The number of benzene rings is 7. The molecule has 6 nitrogen and oxygen atoms in total. The van der Waals surface area contributed by atoms with Crippen LogP contribution >= 0.6 is 0 Å². The SMILES string of the molecule is c1ccc(-c2cccc3c2oc2ccccc23)c(-c2nc(-n3c4ccccc4c4ccccc43)nc(-n3c4ccccc4c4ccccc43)n2)c1. The summed E-state index contributed by atoms with van der Waals surface area (Å²) in [5.74, 6) is 1.67. The maximum absolute atomic E-state index is 6.53. The maximum atomic E-state index is 6.53. The molecule has 0 spiro atoms. The molecule has 0 radical (unpaired) electrons. The summed E-state index contributed by atoms with van der Waals surface area (Å²) >= 11 is 0. The van der Waals surface area contributed by atoms with E-state index < -0.39 is 0 Å². The molecule has 6 heteroatoms. The van der Waals surface area contributed by atoms with Gasteiger partial charge in [0.25, 0.3) is 0 Å². The molecule has 0 atom stereocenters. The van der Waals surface area contributed by atoms with Crippen LogP contribution in [-0.4, -0.2) is 24.1 Å². The van der Waals surface area contributed by atoms with Crippen LogP contribution in [0.1, 0.15) is 0 Å². The van der Waals surface area contributed by atoms with Crippen molar-refractivity contribution in [3.8, 4) is 34.4 Å². The van der Waals surface area contributed by atoms with E-state index in [1.54, 1.807) is 0 Å². The van der Waals surface area contributed by atoms with E-state index in [0.29, 0.717) is 17.7 Å². The van der Waals surface area contributed by atoms with Crippen LogP contribution in [0.4, 0.5) is 0 Å². The van der Waals surface area contributed by atoms with Crippen LogP contribution in [0.3, 0.4) is 0 Å². The third kappa shape index (κ3) is 4.07. The van der Waals surface area contributed by atoms with Crippen molar-refractivity contribution in [3.63, 3.8) is 0 Å². The Balaban J connectivity index is 1.25. The standard InChI is InChI=1S/C45H27N5O/c1-2-20-36(28(14-1)34-21-13-22-35-33-19-7-12-27-41(33)51-42(34)35)43-46-44(49-37-23-8-3-15-29(37)30-16-4-9-24-38(30)49)48-45(47-43)50-39-25-10-5-17-31(39)32-18-6-11-26-40(32)50/h1-27H. The summed E-state index contributed by atoms with van der Waals surface area (Å²) in [4.78, 5) is 16.0. The van der Waals surface area contributed by atoms with Crippen LogP contribution in [0.5, 0.6) is 0 Å². The maximum Gasteiger partial charge on any atom is 0.240 e. The Bertz CT molecular complexity index is 2930. The largest absolute Gasteiger partial charge is 0.455 e. The number of hydrogen-bond acceptors (Lipinski definition) is 4. The van der Waals surface area contributed by atoms with Crippen molar-refractivity contribution in [1.82, 2.24) is 24.1 Å². The van der Waals surface area contributed by atoms with Gasteiger partial charge in [-0.1, -0.05) is 133 Å². The van der Waals surface area contributed by atoms with Gasteiger partial charge >= 0.3 is 0 Å². The predicted octanol–water partition coefficient (Wildman–Crippen LogP) is 11.3. The lowest BCUT2D eigenvalue weighted by atomic mass is 9.97. The van der Waals surface area contributed by atoms with Crippen LogP contribution in [0.25, 0.3) is 100.0 Å². The average molecular weight is 654 g/mol. The van der Waals surface area contributed by atoms with E-state index in [1.165, 1.54) is 0 Å². The van der Waals surface area contributed by atoms with E-state index in [4.69, 9.17) is 19.4 Å². The highest BCUT2D eigenvalue weighted by atomic mass is 16.3. The molecule has 4 aromatic heterocycles. The van der Waals surface area contributed by atoms with Gasteiger partial charge in [0.1, 0.15) is 11.2 Å². The van der Waals surface area contributed by atoms with E-state index in [0.717, 1.165) is 82.2 Å². The fourth-order valence-electron chi connectivity index (χ4n) is 7.82. The van der Waals surface area contributed by atoms with Crippen LogP contribution in [-0.2, 0) is 0 Å². The molecule has 0 saturated carbocycles. The molecule has 11 aromatic rings. The van der Waals surface area contributed by atoms with Gasteiger partial charge in [0.05, 0.1) is 22.1 Å². The number of hydrogen-bond donors (Lipinski definition) is 0. The molecule has 0 aliphatic carbocycles. The molecule has 0 fully saturated rings. The Labute approximate surface area is 291 Å². The van der Waals surface area contributed by atoms with Gasteiger partial charge < -0.3 is 4.42 Å². The fraction of sp³-hybridized carbons (Fsp3) is 0. The second-order valence-electron chi connectivity index (χ2n) is 12.8. The Morgan fingerprint density at radius 3 is 1.29 bits per heavy atom. The summed E-state index contributed by atoms with van der Waals surface area (Å²) in [5.41, 5.74) is 8.68. The molecule has 0 unspecified atom stereocenters. The number of rotatable bonds is 4. The first-order valence-electron chi connectivity index (χ1n) is 17.0. The van der Waals surface area contributed by atoms with Crippen molar-refractivity contribution in [2.24, 2.45) is 0 Å². The molecule has 4 heterocycles. The fourth-order valence-corrected chi connectivity index (χ4v) is 7.82. The highest BCUT2D eigenvalue weighted by Crippen LogP contribution is 2.40. The number of aromatic nitrogens is 5. The minimum atomic E-state index is 0.547. The van der Waals surface area contributed by atoms with Gasteiger partial charge in [0.2, 0.25) is 11.9 Å². The van der Waals surface area contributed by atoms with Crippen molar-refractivity contribution in [2.75, 3.05) is 0 Å². The van der Waals surface area contributed by atoms with Gasteiger partial charge in [-0.25, -0.2) is 0 Å². The molecule has 0 aliphatic heterocycles. The van der Waals surface area contributed by atoms with Crippen LogP contribution in [0.2, 0.25) is 0 Å². The van der Waals surface area contributed by atoms with E-state index >= 15 is 0 Å². The number of nitrogens with zero attached hydrogens (tertiary/aromatic N) is 5. The number of fused-ring (bicyclic) bond motifs is 9. The van der Waals surface area contributed by atoms with Gasteiger partial charge in [-0.15, -0.1) is 0 Å². The first-order valence-corrected chi connectivity index (χ1v) is 17.0. The molecule has 238 valence electrons. The molecule has 0 amide bonds. The van der Waals surface area contributed by atoms with Crippen molar-refractivity contribution in [2.45, 2.75) is 0 Å². The molecular weight excluding hydrogens is 627 g/mol. The summed E-state index contributed by atoms with van der Waals surface area (Å²) in [6.07, 6.45) is 0. The molecule has 51 heavy (non-hydrogen) atoms. The first-order chi connectivity index (χ1) is 25.3. The summed E-state index contributed by atoms with van der Waals surface area (Å²) in [6, 6.07) is 56.6. The lowest BCUT2D eigenvalue weighted by Gasteiger charge is -2.14. The van der Waals surface area contributed by atoms with E-state index in [2.05, 4.69) is 155 Å². The molecule has 0 saturated heterocycles. The lowest BCUT2D eigenvalue weighted by Crippen LogP contribution is -2.10. The Morgan fingerprint density at radius 2 is 0.745 bits per heavy atom. The van der Waals surface area contributed by atoms with Gasteiger partial charge in [-0.05, 0) is 35.9 Å². The van der Waals surface area contributed by atoms with Gasteiger partial charge in [-0.3, -0.25) is 9.13 Å². The predicted molar refractivity (Wildman–Crippen MR) is 207 cm³/mol. The normalized spacial score (nSPS) is 11.9. The average Bonchev–Trinajstić information content (AvgIpc) is 3.86. The zero-order valence-corrected chi connectivity index (χ0v) is 27.2. The first kappa shape index (κ1) is 27.9. The minimum absolute atomic E-state index is 0.547. The van der Waals surface area contributed by atoms with Gasteiger partial charge in [0.15, 0.2) is 5.82 Å². The van der Waals surface area contributed by atoms with Crippen LogP contribution < -0.4 is 0 Å². The zero-order chi connectivity index (χ0) is 33.5. The van der Waals surface area contributed by atoms with Gasteiger partial charge in [-0.2, -0.15) is 15.0 Å². The Morgan fingerprint density at radius 1 is 0.333 bits per heavy atom. The zero-order valence-electron chi connectivity index (χ0n) is 27.2. The second kappa shape index (κ2) is 10.7. The van der Waals surface area contributed by atoms with E-state index in [9.17, 15) is 0 Å². The summed E-state index contributed by atoms with van der Waals surface area (Å²) in [7, 11) is 0. The van der Waals surface area contributed by atoms with E-state index in [-0.39, 0.29) is 0 Å². The highest BCUT2D eigenvalue weighted by Gasteiger charge is 2.22. The molecule has 11 rings (SSSR count). The smallest absolute Gasteiger partial charge is 0.240 e. The van der Waals surface area contributed by atoms with Crippen LogP contribution in [0.15, 0.2) is 168 Å². The summed E-state index contributed by atoms with van der Waals surface area (Å²) in [6.45, 7) is 0. The van der Waals surface area contributed by atoms with Crippen molar-refractivity contribution in [3.05, 3.63) is 164 Å². The minimum Gasteiger partial charge on any atom is -0.455 e. The number of para-hydroxylation sites is 6. The molecular formula is C45H27N5O. The molecule has 0 bridgehead atoms. The third-order valence-electron chi connectivity index (χ3n) is 10.0. The van der Waals surface area contributed by atoms with Crippen molar-refractivity contribution in [1.29, 1.82) is 0 Å². The quantitative estimate of drug-likeness (QED) is 0.190. The lowest BCUT2D eigenvalue weighted by molar-refractivity contribution is 0.670.